The van der Waals surface area contributed by atoms with Gasteiger partial charge in [0, 0.05) is 51.5 Å². The second-order valence-electron chi connectivity index (χ2n) is 12.7. The third-order valence-electron chi connectivity index (χ3n) is 9.24. The van der Waals surface area contributed by atoms with Crippen LogP contribution in [0.15, 0.2) is 35.3 Å². The molecule has 5 N–H and O–H groups in total. The van der Waals surface area contributed by atoms with Gasteiger partial charge in [0.15, 0.2) is 0 Å². The van der Waals surface area contributed by atoms with Crippen LogP contribution in [0.3, 0.4) is 0 Å². The molecule has 1 aromatic carbocycles. The fourth-order valence-corrected chi connectivity index (χ4v) is 6.65. The molecule has 5 rings (SSSR count). The number of nitrogens with one attached hydrogen (secondary N) is 1. The molecule has 3 fully saturated rings. The van der Waals surface area contributed by atoms with Crippen molar-refractivity contribution in [1.29, 1.82) is 0 Å². The molecular formula is C30H41F3N8O3. The number of piperazine rings is 1. The molecule has 2 aromatic rings. The topological polar surface area (TPSA) is 143 Å². The van der Waals surface area contributed by atoms with Crippen LogP contribution in [0.1, 0.15) is 38.3 Å². The van der Waals surface area contributed by atoms with Crippen molar-refractivity contribution in [3.63, 3.8) is 0 Å². The van der Waals surface area contributed by atoms with E-state index < -0.39 is 29.0 Å². The number of carbonyl (C=O) groups excluding carboxylic acids is 2. The Balaban J connectivity index is 1.26. The van der Waals surface area contributed by atoms with Crippen LogP contribution < -0.4 is 22.5 Å². The van der Waals surface area contributed by atoms with E-state index in [4.69, 9.17) is 11.5 Å². The molecule has 0 bridgehead atoms. The highest BCUT2D eigenvalue weighted by Gasteiger charge is 2.55. The van der Waals surface area contributed by atoms with Gasteiger partial charge in [-0.3, -0.25) is 19.6 Å². The summed E-state index contributed by atoms with van der Waals surface area (Å²) in [5.74, 6) is 1.40. The van der Waals surface area contributed by atoms with E-state index in [-0.39, 0.29) is 48.5 Å². The summed E-state index contributed by atoms with van der Waals surface area (Å²) >= 11 is 0. The highest BCUT2D eigenvalue weighted by molar-refractivity contribution is 5.89. The van der Waals surface area contributed by atoms with E-state index in [0.717, 1.165) is 30.1 Å². The van der Waals surface area contributed by atoms with Gasteiger partial charge in [-0.15, -0.1) is 0 Å². The lowest BCUT2D eigenvalue weighted by atomic mass is 9.96. The molecule has 0 spiro atoms. The number of fused-ring (bicyclic) bond motifs is 1. The van der Waals surface area contributed by atoms with Gasteiger partial charge in [-0.2, -0.15) is 18.2 Å². The molecule has 3 amide bonds. The number of alkyl halides is 3. The maximum absolute atomic E-state index is 14.2. The largest absolute Gasteiger partial charge is 0.416 e. The Morgan fingerprint density at radius 3 is 2.25 bits per heavy atom. The lowest BCUT2D eigenvalue weighted by Crippen LogP contribution is -2.58. The summed E-state index contributed by atoms with van der Waals surface area (Å²) in [5, 5.41) is 2.56. The highest BCUT2D eigenvalue weighted by Crippen LogP contribution is 2.51. The molecule has 44 heavy (non-hydrogen) atoms. The monoisotopic (exact) mass is 618 g/mol. The number of nitrogens with two attached hydrogens (primary N) is 2. The summed E-state index contributed by atoms with van der Waals surface area (Å²) in [6.45, 7) is 8.80. The number of urea groups is 1. The number of anilines is 1. The molecule has 3 aliphatic rings. The molecule has 1 aromatic heterocycles. The maximum atomic E-state index is 14.2. The molecule has 4 atom stereocenters. The van der Waals surface area contributed by atoms with Crippen LogP contribution in [0, 0.1) is 17.8 Å². The molecule has 11 nitrogen and oxygen atoms in total. The van der Waals surface area contributed by atoms with Crippen molar-refractivity contribution in [2.75, 3.05) is 51.1 Å². The van der Waals surface area contributed by atoms with Gasteiger partial charge in [0.25, 0.3) is 0 Å². The Labute approximate surface area is 254 Å². The van der Waals surface area contributed by atoms with Crippen LogP contribution >= 0.6 is 0 Å². The summed E-state index contributed by atoms with van der Waals surface area (Å²) in [6, 6.07) is 4.76. The van der Waals surface area contributed by atoms with Gasteiger partial charge in [0.05, 0.1) is 16.8 Å². The summed E-state index contributed by atoms with van der Waals surface area (Å²) in [7, 11) is 0. The predicted molar refractivity (Wildman–Crippen MR) is 159 cm³/mol. The number of halogens is 3. The normalized spacial score (nSPS) is 23.0. The van der Waals surface area contributed by atoms with Crippen molar-refractivity contribution < 1.29 is 22.8 Å². The molecule has 0 radical (unpaired) electrons. The quantitative estimate of drug-likeness (QED) is 0.411. The molecule has 1 aliphatic carbocycles. The Hall–Kier alpha value is -3.49. The number of nitrogens with zero attached hydrogens (tertiary/aromatic N) is 5. The van der Waals surface area contributed by atoms with E-state index in [0.29, 0.717) is 37.4 Å². The van der Waals surface area contributed by atoms with Crippen LogP contribution in [0.4, 0.5) is 23.8 Å². The third-order valence-corrected chi connectivity index (χ3v) is 9.24. The zero-order valence-electron chi connectivity index (χ0n) is 25.3. The van der Waals surface area contributed by atoms with Gasteiger partial charge in [-0.05, 0) is 74.8 Å². The SMILES string of the molecule is CCC(Cc1ccc(-n2ccc(NC(=O)N3CCN(C(=O)C(C)(C)N)CC3)nc2=O)cc1C(F)(F)F)N1CC2C(CN)[C@H]2C1. The summed E-state index contributed by atoms with van der Waals surface area (Å²) in [4.78, 5) is 47.3. The number of amides is 3. The van der Waals surface area contributed by atoms with Gasteiger partial charge >= 0.3 is 17.9 Å². The zero-order chi connectivity index (χ0) is 32.0. The summed E-state index contributed by atoms with van der Waals surface area (Å²) in [6.07, 6.45) is -2.34. The fraction of sp³-hybridized carbons (Fsp3) is 0.600. The zero-order valence-corrected chi connectivity index (χ0v) is 25.3. The average molecular weight is 619 g/mol. The van der Waals surface area contributed by atoms with Crippen LogP contribution in [0.5, 0.6) is 0 Å². The molecule has 240 valence electrons. The first kappa shape index (κ1) is 31.9. The van der Waals surface area contributed by atoms with Crippen LogP contribution in [-0.4, -0.2) is 93.6 Å². The van der Waals surface area contributed by atoms with E-state index in [1.807, 2.05) is 6.92 Å². The molecular weight excluding hydrogens is 577 g/mol. The first-order chi connectivity index (χ1) is 20.7. The van der Waals surface area contributed by atoms with Gasteiger partial charge in [0.2, 0.25) is 5.91 Å². The van der Waals surface area contributed by atoms with E-state index in [2.05, 4.69) is 15.2 Å². The summed E-state index contributed by atoms with van der Waals surface area (Å²) in [5.41, 5.74) is 9.30. The second-order valence-corrected chi connectivity index (χ2v) is 12.7. The smallest absolute Gasteiger partial charge is 0.338 e. The Kier molecular flexibility index (Phi) is 8.80. The van der Waals surface area contributed by atoms with E-state index in [9.17, 15) is 27.6 Å². The lowest BCUT2D eigenvalue weighted by molar-refractivity contribution is -0.138. The number of benzene rings is 1. The Bertz CT molecular complexity index is 1440. The number of piperidine rings is 1. The van der Waals surface area contributed by atoms with Crippen LogP contribution in [0.2, 0.25) is 0 Å². The fourth-order valence-electron chi connectivity index (χ4n) is 6.65. The van der Waals surface area contributed by atoms with E-state index >= 15 is 0 Å². The van der Waals surface area contributed by atoms with Crippen molar-refractivity contribution in [3.8, 4) is 5.69 Å². The summed E-state index contributed by atoms with van der Waals surface area (Å²) < 4.78 is 43.7. The Morgan fingerprint density at radius 2 is 1.70 bits per heavy atom. The van der Waals surface area contributed by atoms with Gasteiger partial charge < -0.3 is 21.3 Å². The van der Waals surface area contributed by atoms with Gasteiger partial charge in [-0.25, -0.2) is 9.59 Å². The first-order valence-electron chi connectivity index (χ1n) is 15.1. The molecule has 3 unspecified atom stereocenters. The van der Waals surface area contributed by atoms with E-state index in [1.54, 1.807) is 18.7 Å². The van der Waals surface area contributed by atoms with E-state index in [1.165, 1.54) is 29.3 Å². The van der Waals surface area contributed by atoms with Crippen molar-refractivity contribution in [2.45, 2.75) is 51.4 Å². The van der Waals surface area contributed by atoms with Crippen LogP contribution in [-0.2, 0) is 17.4 Å². The molecule has 2 aliphatic heterocycles. The van der Waals surface area contributed by atoms with Crippen LogP contribution in [0.25, 0.3) is 5.69 Å². The van der Waals surface area contributed by atoms with Crippen molar-refractivity contribution in [1.82, 2.24) is 24.3 Å². The van der Waals surface area contributed by atoms with Crippen molar-refractivity contribution >= 4 is 17.8 Å². The Morgan fingerprint density at radius 1 is 1.07 bits per heavy atom. The molecule has 14 heteroatoms. The second kappa shape index (κ2) is 12.1. The third kappa shape index (κ3) is 6.61. The minimum atomic E-state index is -4.61. The number of aromatic nitrogens is 2. The predicted octanol–water partition coefficient (Wildman–Crippen LogP) is 2.12. The highest BCUT2D eigenvalue weighted by atomic mass is 19.4. The number of rotatable bonds is 8. The standard InChI is InChI=1S/C30H41F3N8O3/c1-4-19(40-16-22-21(15-34)23(22)17-40)13-18-5-6-20(14-24(18)30(31,32)33)41-8-7-25(37-28(41)44)36-27(43)39-11-9-38(10-12-39)26(42)29(2,3)35/h5-8,14,19,21-23H,4,9-13,15-17,34-35H2,1-3H3,(H,36,37,43,44)/t19?,21?,22-,23?/m1/s1. The van der Waals surface area contributed by atoms with Gasteiger partial charge in [-0.1, -0.05) is 13.0 Å². The lowest BCUT2D eigenvalue weighted by Gasteiger charge is -2.37. The van der Waals surface area contributed by atoms with Crippen molar-refractivity contribution in [2.24, 2.45) is 29.2 Å². The van der Waals surface area contributed by atoms with Gasteiger partial charge in [0.1, 0.15) is 5.82 Å². The van der Waals surface area contributed by atoms with Crippen molar-refractivity contribution in [3.05, 3.63) is 52.1 Å². The molecule has 3 heterocycles. The first-order valence-corrected chi connectivity index (χ1v) is 15.1. The number of carbonyl (C=O) groups is 2. The number of likely N-dealkylation sites (tertiary alicyclic amines) is 1. The molecule has 2 saturated heterocycles. The minimum absolute atomic E-state index is 0.0172. The molecule has 1 saturated carbocycles. The number of hydrogen-bond donors (Lipinski definition) is 3. The maximum Gasteiger partial charge on any atom is 0.416 e. The number of hydrogen-bond acceptors (Lipinski definition) is 7. The average Bonchev–Trinajstić information content (AvgIpc) is 3.44. The minimum Gasteiger partial charge on any atom is -0.338 e.